The number of hydrogen-bond acceptors (Lipinski definition) is 2. The largest absolute Gasteiger partial charge is 0.383 e. The van der Waals surface area contributed by atoms with Gasteiger partial charge in [-0.05, 0) is 5.92 Å². The van der Waals surface area contributed by atoms with Gasteiger partial charge in [-0.3, -0.25) is 4.79 Å². The van der Waals surface area contributed by atoms with Gasteiger partial charge in [-0.15, -0.1) is 0 Å². The van der Waals surface area contributed by atoms with Crippen molar-refractivity contribution in [3.63, 3.8) is 0 Å². The van der Waals surface area contributed by atoms with Gasteiger partial charge in [-0.2, -0.15) is 0 Å². The number of hydrogen-bond donors (Lipinski definition) is 0. The Morgan fingerprint density at radius 3 is 2.36 bits per heavy atom. The van der Waals surface area contributed by atoms with E-state index < -0.39 is 5.41 Å². The molecule has 0 saturated carbocycles. The zero-order valence-electron chi connectivity index (χ0n) is 9.12. The summed E-state index contributed by atoms with van der Waals surface area (Å²) in [5.41, 5.74) is -0.487. The lowest BCUT2D eigenvalue weighted by molar-refractivity contribution is -0.126. The Balaban J connectivity index is 2.73. The van der Waals surface area contributed by atoms with Gasteiger partial charge in [0.2, 0.25) is 0 Å². The number of Topliss-reactive ketones (excluding diaryl/α,β-unsaturated/α-hetero) is 1. The average molecular weight is 194 g/mol. The second-order valence-electron chi connectivity index (χ2n) is 4.21. The van der Waals surface area contributed by atoms with Crippen molar-refractivity contribution in [3.8, 4) is 0 Å². The van der Waals surface area contributed by atoms with Gasteiger partial charge < -0.3 is 4.74 Å². The topological polar surface area (TPSA) is 26.3 Å². The molecule has 0 aromatic heterocycles. The maximum atomic E-state index is 12.0. The third-order valence-corrected chi connectivity index (χ3v) is 2.39. The van der Waals surface area contributed by atoms with Gasteiger partial charge in [0.25, 0.3) is 0 Å². The molecule has 0 radical (unpaired) electrons. The summed E-state index contributed by atoms with van der Waals surface area (Å²) in [6, 6.07) is 0. The molecule has 0 aromatic carbocycles. The van der Waals surface area contributed by atoms with Gasteiger partial charge in [-0.25, -0.2) is 0 Å². The quantitative estimate of drug-likeness (QED) is 0.671. The smallest absolute Gasteiger partial charge is 0.149 e. The average Bonchev–Trinajstić information content (AvgIpc) is 2.53. The van der Waals surface area contributed by atoms with E-state index >= 15 is 0 Å². The predicted octanol–water partition coefficient (Wildman–Crippen LogP) is 2.36. The van der Waals surface area contributed by atoms with Crippen molar-refractivity contribution in [2.45, 2.75) is 20.3 Å². The monoisotopic (exact) mass is 194 g/mol. The Morgan fingerprint density at radius 1 is 1.36 bits per heavy atom. The number of ketones is 1. The van der Waals surface area contributed by atoms with Crippen LogP contribution in [0.2, 0.25) is 0 Å². The van der Waals surface area contributed by atoms with Crippen molar-refractivity contribution in [1.29, 1.82) is 0 Å². The normalized spacial score (nSPS) is 18.0. The molecule has 0 spiro atoms. The first kappa shape index (κ1) is 11.2. The van der Waals surface area contributed by atoms with Gasteiger partial charge >= 0.3 is 0 Å². The zero-order valence-corrected chi connectivity index (χ0v) is 9.12. The van der Waals surface area contributed by atoms with Crippen LogP contribution in [0, 0.1) is 11.3 Å². The van der Waals surface area contributed by atoms with Gasteiger partial charge in [0.05, 0.1) is 12.0 Å². The van der Waals surface area contributed by atoms with Crippen LogP contribution < -0.4 is 0 Å². The SMILES string of the molecule is COCC1(C(=O)CC(C)C)C=CC=C1. The molecular weight excluding hydrogens is 176 g/mol. The summed E-state index contributed by atoms with van der Waals surface area (Å²) < 4.78 is 5.11. The molecule has 14 heavy (non-hydrogen) atoms. The highest BCUT2D eigenvalue weighted by Crippen LogP contribution is 2.30. The van der Waals surface area contributed by atoms with Crippen molar-refractivity contribution >= 4 is 5.78 Å². The highest BCUT2D eigenvalue weighted by atomic mass is 16.5. The Labute approximate surface area is 85.6 Å². The third kappa shape index (κ3) is 2.32. The fraction of sp³-hybridized carbons (Fsp3) is 0.583. The summed E-state index contributed by atoms with van der Waals surface area (Å²) in [4.78, 5) is 12.0. The minimum absolute atomic E-state index is 0.249. The Morgan fingerprint density at radius 2 is 1.93 bits per heavy atom. The summed E-state index contributed by atoms with van der Waals surface area (Å²) in [7, 11) is 1.63. The van der Waals surface area contributed by atoms with Crippen molar-refractivity contribution in [3.05, 3.63) is 24.3 Å². The molecule has 0 saturated heterocycles. The predicted molar refractivity (Wildman–Crippen MR) is 57.1 cm³/mol. The van der Waals surface area contributed by atoms with E-state index in [9.17, 15) is 4.79 Å². The lowest BCUT2D eigenvalue weighted by Crippen LogP contribution is -2.31. The molecule has 0 heterocycles. The highest BCUT2D eigenvalue weighted by Gasteiger charge is 2.34. The standard InChI is InChI=1S/C12H18O2/c1-10(2)8-11(13)12(9-14-3)6-4-5-7-12/h4-7,10H,8-9H2,1-3H3. The Bertz CT molecular complexity index is 249. The number of carbonyl (C=O) groups excluding carboxylic acids is 1. The van der Waals surface area contributed by atoms with Crippen LogP contribution >= 0.6 is 0 Å². The maximum Gasteiger partial charge on any atom is 0.149 e. The molecule has 1 rings (SSSR count). The first-order chi connectivity index (χ1) is 6.60. The molecule has 0 atom stereocenters. The van der Waals surface area contributed by atoms with E-state index in [1.807, 2.05) is 24.3 Å². The van der Waals surface area contributed by atoms with Crippen LogP contribution in [0.25, 0.3) is 0 Å². The van der Waals surface area contributed by atoms with Crippen LogP contribution in [0.4, 0.5) is 0 Å². The van der Waals surface area contributed by atoms with Gasteiger partial charge in [0.15, 0.2) is 0 Å². The van der Waals surface area contributed by atoms with E-state index in [-0.39, 0.29) is 5.78 Å². The van der Waals surface area contributed by atoms with Gasteiger partial charge in [0.1, 0.15) is 5.78 Å². The molecule has 0 aromatic rings. The van der Waals surface area contributed by atoms with Crippen LogP contribution in [0.15, 0.2) is 24.3 Å². The summed E-state index contributed by atoms with van der Waals surface area (Å²) in [5.74, 6) is 0.651. The molecular formula is C12H18O2. The minimum atomic E-state index is -0.487. The summed E-state index contributed by atoms with van der Waals surface area (Å²) >= 11 is 0. The van der Waals surface area contributed by atoms with Crippen molar-refractivity contribution in [1.82, 2.24) is 0 Å². The Kier molecular flexibility index (Phi) is 3.64. The first-order valence-electron chi connectivity index (χ1n) is 5.00. The van der Waals surface area contributed by atoms with E-state index in [2.05, 4.69) is 13.8 Å². The van der Waals surface area contributed by atoms with E-state index in [0.717, 1.165) is 0 Å². The molecule has 0 fully saturated rings. The highest BCUT2D eigenvalue weighted by molar-refractivity contribution is 5.89. The zero-order chi connectivity index (χ0) is 10.6. The van der Waals surface area contributed by atoms with E-state index in [0.29, 0.717) is 18.9 Å². The summed E-state index contributed by atoms with van der Waals surface area (Å²) in [6.45, 7) is 4.56. The summed E-state index contributed by atoms with van der Waals surface area (Å²) in [5, 5.41) is 0. The molecule has 0 N–H and O–H groups in total. The lowest BCUT2D eigenvalue weighted by atomic mass is 9.82. The number of ether oxygens (including phenoxy) is 1. The second kappa shape index (κ2) is 4.56. The van der Waals surface area contributed by atoms with Crippen LogP contribution in [-0.4, -0.2) is 19.5 Å². The van der Waals surface area contributed by atoms with E-state index in [1.54, 1.807) is 7.11 Å². The lowest BCUT2D eigenvalue weighted by Gasteiger charge is -2.23. The van der Waals surface area contributed by atoms with Crippen LogP contribution in [0.1, 0.15) is 20.3 Å². The molecule has 0 bridgehead atoms. The molecule has 1 aliphatic rings. The molecule has 0 amide bonds. The summed E-state index contributed by atoms with van der Waals surface area (Å²) in [6.07, 6.45) is 8.30. The fourth-order valence-electron chi connectivity index (χ4n) is 1.67. The van der Waals surface area contributed by atoms with Crippen molar-refractivity contribution in [2.24, 2.45) is 11.3 Å². The molecule has 0 aliphatic heterocycles. The van der Waals surface area contributed by atoms with E-state index in [1.165, 1.54) is 0 Å². The van der Waals surface area contributed by atoms with E-state index in [4.69, 9.17) is 4.74 Å². The van der Waals surface area contributed by atoms with Crippen LogP contribution in [0.3, 0.4) is 0 Å². The molecule has 2 heteroatoms. The van der Waals surface area contributed by atoms with Crippen LogP contribution in [0.5, 0.6) is 0 Å². The van der Waals surface area contributed by atoms with Crippen molar-refractivity contribution in [2.75, 3.05) is 13.7 Å². The molecule has 0 unspecified atom stereocenters. The third-order valence-electron chi connectivity index (χ3n) is 2.39. The fourth-order valence-corrected chi connectivity index (χ4v) is 1.67. The number of carbonyl (C=O) groups is 1. The minimum Gasteiger partial charge on any atom is -0.383 e. The van der Waals surface area contributed by atoms with Gasteiger partial charge in [0, 0.05) is 13.5 Å². The first-order valence-corrected chi connectivity index (χ1v) is 5.00. The number of rotatable bonds is 5. The Hall–Kier alpha value is -0.890. The molecule has 78 valence electrons. The molecule has 1 aliphatic carbocycles. The molecule has 2 nitrogen and oxygen atoms in total. The number of methoxy groups -OCH3 is 1. The van der Waals surface area contributed by atoms with Crippen LogP contribution in [-0.2, 0) is 9.53 Å². The second-order valence-corrected chi connectivity index (χ2v) is 4.21. The maximum absolute atomic E-state index is 12.0. The van der Waals surface area contributed by atoms with Crippen molar-refractivity contribution < 1.29 is 9.53 Å². The van der Waals surface area contributed by atoms with Gasteiger partial charge in [-0.1, -0.05) is 38.2 Å². The number of allylic oxidation sites excluding steroid dienone is 2.